The number of nitrogens with zero attached hydrogens (tertiary/aromatic N) is 1. The van der Waals surface area contributed by atoms with Crippen molar-refractivity contribution < 1.29 is 18.8 Å². The van der Waals surface area contributed by atoms with Crippen LogP contribution in [0.5, 0.6) is 5.75 Å². The van der Waals surface area contributed by atoms with Gasteiger partial charge >= 0.3 is 0 Å². The van der Waals surface area contributed by atoms with Gasteiger partial charge in [-0.15, -0.1) is 0 Å². The number of carbonyl (C=O) groups excluding carboxylic acids is 1. The second kappa shape index (κ2) is 8.07. The molecule has 25 heavy (non-hydrogen) atoms. The second-order valence-corrected chi connectivity index (χ2v) is 6.35. The van der Waals surface area contributed by atoms with Crippen molar-refractivity contribution in [1.29, 1.82) is 0 Å². The third kappa shape index (κ3) is 4.33. The first-order valence-corrected chi connectivity index (χ1v) is 8.69. The molecule has 0 saturated carbocycles. The lowest BCUT2D eigenvalue weighted by Crippen LogP contribution is -3.15. The lowest BCUT2D eigenvalue weighted by Gasteiger charge is -2.37. The number of anilines is 1. The van der Waals surface area contributed by atoms with Crippen LogP contribution in [0.1, 0.15) is 18.7 Å². The number of rotatable bonds is 6. The summed E-state index contributed by atoms with van der Waals surface area (Å²) >= 11 is 0. The molecule has 3 rings (SSSR count). The molecule has 134 valence electrons. The van der Waals surface area contributed by atoms with Crippen LogP contribution in [0.4, 0.5) is 5.69 Å². The monoisotopic (exact) mass is 344 g/mol. The zero-order valence-corrected chi connectivity index (χ0v) is 14.8. The van der Waals surface area contributed by atoms with Crippen molar-refractivity contribution in [2.45, 2.75) is 13.0 Å². The molecule has 1 aliphatic rings. The van der Waals surface area contributed by atoms with Gasteiger partial charge in [-0.25, -0.2) is 0 Å². The van der Waals surface area contributed by atoms with E-state index in [0.717, 1.165) is 37.7 Å². The molecule has 1 amide bonds. The number of methoxy groups -OCH3 is 1. The van der Waals surface area contributed by atoms with Crippen molar-refractivity contribution in [3.8, 4) is 5.75 Å². The van der Waals surface area contributed by atoms with Crippen LogP contribution in [-0.2, 0) is 4.79 Å². The molecule has 2 N–H and O–H groups in total. The van der Waals surface area contributed by atoms with E-state index in [0.29, 0.717) is 6.54 Å². The van der Waals surface area contributed by atoms with E-state index < -0.39 is 0 Å². The zero-order valence-electron chi connectivity index (χ0n) is 14.8. The highest BCUT2D eigenvalue weighted by atomic mass is 16.5. The van der Waals surface area contributed by atoms with Gasteiger partial charge in [0.25, 0.3) is 0 Å². The summed E-state index contributed by atoms with van der Waals surface area (Å²) in [6.45, 7) is 6.09. The summed E-state index contributed by atoms with van der Waals surface area (Å²) in [5.41, 5.74) is 1.22. The predicted molar refractivity (Wildman–Crippen MR) is 96.0 cm³/mol. The fraction of sp³-hybridized carbons (Fsp3) is 0.421. The number of piperazine rings is 1. The summed E-state index contributed by atoms with van der Waals surface area (Å²) < 4.78 is 10.8. The predicted octanol–water partition coefficient (Wildman–Crippen LogP) is 0.871. The summed E-state index contributed by atoms with van der Waals surface area (Å²) in [7, 11) is 1.68. The van der Waals surface area contributed by atoms with Gasteiger partial charge in [-0.05, 0) is 36.4 Å². The van der Waals surface area contributed by atoms with Gasteiger partial charge in [-0.1, -0.05) is 0 Å². The largest absolute Gasteiger partial charge is 0.497 e. The van der Waals surface area contributed by atoms with Crippen molar-refractivity contribution in [3.05, 3.63) is 48.4 Å². The fourth-order valence-electron chi connectivity index (χ4n) is 3.38. The fourth-order valence-corrected chi connectivity index (χ4v) is 3.38. The van der Waals surface area contributed by atoms with Gasteiger partial charge in [-0.2, -0.15) is 0 Å². The summed E-state index contributed by atoms with van der Waals surface area (Å²) in [5.74, 6) is 1.80. The molecule has 0 bridgehead atoms. The molecule has 2 aromatic rings. The molecule has 1 aromatic heterocycles. The van der Waals surface area contributed by atoms with Crippen LogP contribution in [0.15, 0.2) is 47.1 Å². The third-order valence-electron chi connectivity index (χ3n) is 4.78. The maximum Gasteiger partial charge on any atom is 0.217 e. The molecule has 1 atom stereocenters. The Hall–Kier alpha value is -2.47. The summed E-state index contributed by atoms with van der Waals surface area (Å²) in [6, 6.07) is 12.2. The average molecular weight is 344 g/mol. The maximum atomic E-state index is 11.3. The molecule has 0 radical (unpaired) electrons. The number of quaternary nitrogens is 1. The van der Waals surface area contributed by atoms with Crippen LogP contribution in [0.3, 0.4) is 0 Å². The maximum absolute atomic E-state index is 11.3. The lowest BCUT2D eigenvalue weighted by molar-refractivity contribution is -0.932. The van der Waals surface area contributed by atoms with Crippen molar-refractivity contribution in [2.24, 2.45) is 0 Å². The van der Waals surface area contributed by atoms with Gasteiger partial charge in [0.1, 0.15) is 5.75 Å². The highest BCUT2D eigenvalue weighted by Gasteiger charge is 2.30. The Bertz CT molecular complexity index is 662. The third-order valence-corrected chi connectivity index (χ3v) is 4.78. The topological polar surface area (TPSA) is 59.1 Å². The first kappa shape index (κ1) is 17.4. The smallest absolute Gasteiger partial charge is 0.217 e. The SMILES string of the molecule is COc1ccc(N2CC[NH+]([C@@H](CNC(C)=O)c3ccco3)CC2)cc1. The normalized spacial score (nSPS) is 16.5. The lowest BCUT2D eigenvalue weighted by atomic mass is 10.1. The van der Waals surface area contributed by atoms with Gasteiger partial charge in [0.2, 0.25) is 5.91 Å². The molecule has 1 saturated heterocycles. The molecular weight excluding hydrogens is 318 g/mol. The number of benzene rings is 1. The Labute approximate surface area is 148 Å². The molecular formula is C19H26N3O3+. The number of carbonyl (C=O) groups is 1. The van der Waals surface area contributed by atoms with Gasteiger partial charge in [0, 0.05) is 12.6 Å². The van der Waals surface area contributed by atoms with Crippen LogP contribution in [0, 0.1) is 0 Å². The quantitative estimate of drug-likeness (QED) is 0.816. The van der Waals surface area contributed by atoms with Crippen molar-refractivity contribution in [3.63, 3.8) is 0 Å². The van der Waals surface area contributed by atoms with E-state index >= 15 is 0 Å². The van der Waals surface area contributed by atoms with E-state index in [9.17, 15) is 4.79 Å². The molecule has 0 unspecified atom stereocenters. The Morgan fingerprint density at radius 3 is 2.56 bits per heavy atom. The minimum Gasteiger partial charge on any atom is -0.497 e. The number of hydrogen-bond donors (Lipinski definition) is 2. The molecule has 1 aliphatic heterocycles. The molecule has 0 aliphatic carbocycles. The Kier molecular flexibility index (Phi) is 5.60. The molecule has 1 fully saturated rings. The molecule has 2 heterocycles. The zero-order chi connectivity index (χ0) is 17.6. The van der Waals surface area contributed by atoms with Crippen molar-refractivity contribution in [1.82, 2.24) is 5.32 Å². The summed E-state index contributed by atoms with van der Waals surface area (Å²) in [6.07, 6.45) is 1.70. The first-order valence-electron chi connectivity index (χ1n) is 8.69. The van der Waals surface area contributed by atoms with Crippen LogP contribution < -0.4 is 19.9 Å². The second-order valence-electron chi connectivity index (χ2n) is 6.35. The van der Waals surface area contributed by atoms with Gasteiger partial charge < -0.3 is 24.3 Å². The van der Waals surface area contributed by atoms with E-state index in [2.05, 4.69) is 22.3 Å². The summed E-state index contributed by atoms with van der Waals surface area (Å²) in [4.78, 5) is 15.1. The highest BCUT2D eigenvalue weighted by molar-refractivity contribution is 5.72. The van der Waals surface area contributed by atoms with E-state index in [-0.39, 0.29) is 11.9 Å². The van der Waals surface area contributed by atoms with Crippen LogP contribution >= 0.6 is 0 Å². The van der Waals surface area contributed by atoms with Gasteiger partial charge in [-0.3, -0.25) is 4.79 Å². The molecule has 1 aromatic carbocycles. The average Bonchev–Trinajstić information content (AvgIpc) is 3.17. The molecule has 6 heteroatoms. The van der Waals surface area contributed by atoms with E-state index in [1.54, 1.807) is 20.3 Å². The van der Waals surface area contributed by atoms with E-state index in [1.807, 2.05) is 24.3 Å². The Balaban J connectivity index is 1.63. The van der Waals surface area contributed by atoms with E-state index in [4.69, 9.17) is 9.15 Å². The minimum atomic E-state index is -0.00664. The van der Waals surface area contributed by atoms with Crippen LogP contribution in [-0.4, -0.2) is 45.7 Å². The molecule has 6 nitrogen and oxygen atoms in total. The number of hydrogen-bond acceptors (Lipinski definition) is 4. The standard InChI is InChI=1S/C19H25N3O3/c1-15(23)20-14-18(19-4-3-13-25-19)22-11-9-21(10-12-22)16-5-7-17(24-2)8-6-16/h3-8,13,18H,9-12,14H2,1-2H3,(H,20,23)/p+1/t18-/m0/s1. The van der Waals surface area contributed by atoms with Gasteiger partial charge in [0.15, 0.2) is 11.8 Å². The number of furan rings is 1. The number of amides is 1. The minimum absolute atomic E-state index is 0.00664. The highest BCUT2D eigenvalue weighted by Crippen LogP contribution is 2.19. The molecule has 0 spiro atoms. The first-order chi connectivity index (χ1) is 12.2. The summed E-state index contributed by atoms with van der Waals surface area (Å²) in [5, 5.41) is 2.94. The van der Waals surface area contributed by atoms with E-state index in [1.165, 1.54) is 10.6 Å². The van der Waals surface area contributed by atoms with Crippen molar-refractivity contribution >= 4 is 11.6 Å². The Morgan fingerprint density at radius 1 is 1.28 bits per heavy atom. The van der Waals surface area contributed by atoms with Crippen molar-refractivity contribution in [2.75, 3.05) is 44.7 Å². The van der Waals surface area contributed by atoms with Crippen LogP contribution in [0.2, 0.25) is 0 Å². The van der Waals surface area contributed by atoms with Crippen LogP contribution in [0.25, 0.3) is 0 Å². The Morgan fingerprint density at radius 2 is 2.00 bits per heavy atom. The van der Waals surface area contributed by atoms with Gasteiger partial charge in [0.05, 0.1) is 46.1 Å². The number of nitrogens with one attached hydrogen (secondary N) is 2. The number of ether oxygens (including phenoxy) is 1.